The SMILES string of the molecule is CCOC(=O)c1cc(CC(C(=O)OCC)C(=O)OCC)c(CP(=O)(OCC)OCC)o1. The Morgan fingerprint density at radius 2 is 1.39 bits per heavy atom. The average Bonchev–Trinajstić information content (AvgIpc) is 3.09. The van der Waals surface area contributed by atoms with Crippen LogP contribution < -0.4 is 0 Å². The second-order valence-electron chi connectivity index (χ2n) is 6.14. The van der Waals surface area contributed by atoms with Gasteiger partial charge < -0.3 is 27.7 Å². The summed E-state index contributed by atoms with van der Waals surface area (Å²) in [5.74, 6) is -3.64. The molecule has 0 aliphatic carbocycles. The molecule has 0 amide bonds. The van der Waals surface area contributed by atoms with Crippen molar-refractivity contribution >= 4 is 25.5 Å². The third-order valence-electron chi connectivity index (χ3n) is 3.93. The van der Waals surface area contributed by atoms with E-state index in [1.807, 2.05) is 0 Å². The van der Waals surface area contributed by atoms with Crippen LogP contribution in [0, 0.1) is 5.92 Å². The lowest BCUT2D eigenvalue weighted by molar-refractivity contribution is -0.161. The zero-order valence-electron chi connectivity index (χ0n) is 18.6. The molecule has 0 atom stereocenters. The Bertz CT molecular complexity index is 757. The van der Waals surface area contributed by atoms with Gasteiger partial charge in [0, 0.05) is 0 Å². The molecule has 0 unspecified atom stereocenters. The van der Waals surface area contributed by atoms with Crippen LogP contribution in [-0.4, -0.2) is 50.9 Å². The molecule has 0 aromatic carbocycles. The number of carbonyl (C=O) groups excluding carboxylic acids is 3. The Morgan fingerprint density at radius 1 is 0.871 bits per heavy atom. The van der Waals surface area contributed by atoms with Crippen LogP contribution in [0.25, 0.3) is 0 Å². The molecule has 0 bridgehead atoms. The average molecular weight is 462 g/mol. The minimum absolute atomic E-state index is 0.0743. The van der Waals surface area contributed by atoms with Gasteiger partial charge in [-0.2, -0.15) is 0 Å². The molecule has 0 fully saturated rings. The van der Waals surface area contributed by atoms with Crippen LogP contribution in [0.4, 0.5) is 0 Å². The van der Waals surface area contributed by atoms with Gasteiger partial charge in [0.2, 0.25) is 5.76 Å². The predicted molar refractivity (Wildman–Crippen MR) is 110 cm³/mol. The Hall–Kier alpha value is -2.16. The Balaban J connectivity index is 3.36. The molecule has 1 aromatic rings. The van der Waals surface area contributed by atoms with E-state index in [9.17, 15) is 18.9 Å². The van der Waals surface area contributed by atoms with Gasteiger partial charge in [-0.25, -0.2) is 4.79 Å². The first-order valence-corrected chi connectivity index (χ1v) is 12.0. The molecule has 0 saturated heterocycles. The van der Waals surface area contributed by atoms with Crippen molar-refractivity contribution in [2.75, 3.05) is 33.0 Å². The molecule has 0 spiro atoms. The zero-order chi connectivity index (χ0) is 23.4. The minimum atomic E-state index is -3.59. The molecule has 1 aromatic heterocycles. The van der Waals surface area contributed by atoms with E-state index in [1.165, 1.54) is 6.07 Å². The molecule has 31 heavy (non-hydrogen) atoms. The Morgan fingerprint density at radius 3 is 1.84 bits per heavy atom. The number of furan rings is 1. The van der Waals surface area contributed by atoms with E-state index in [-0.39, 0.29) is 57.1 Å². The van der Waals surface area contributed by atoms with Crippen molar-refractivity contribution in [2.45, 2.75) is 47.2 Å². The molecule has 0 radical (unpaired) electrons. The number of ether oxygens (including phenoxy) is 3. The second-order valence-corrected chi connectivity index (χ2v) is 8.20. The number of rotatable bonds is 14. The molecule has 10 nitrogen and oxygen atoms in total. The van der Waals surface area contributed by atoms with Gasteiger partial charge in [0.15, 0.2) is 5.92 Å². The maximum Gasteiger partial charge on any atom is 0.374 e. The van der Waals surface area contributed by atoms with Crippen molar-refractivity contribution in [3.63, 3.8) is 0 Å². The topological polar surface area (TPSA) is 128 Å². The zero-order valence-corrected chi connectivity index (χ0v) is 19.5. The standard InChI is InChI=1S/C20H31O10P/c1-6-25-18(21)15(19(22)26-7-2)11-14-12-16(20(23)27-8-3)30-17(14)13-31(24,28-9-4)29-10-5/h12,15H,6-11,13H2,1-5H3. The fourth-order valence-corrected chi connectivity index (χ4v) is 4.41. The van der Waals surface area contributed by atoms with Crippen molar-refractivity contribution in [1.82, 2.24) is 0 Å². The fourth-order valence-electron chi connectivity index (χ4n) is 2.74. The Kier molecular flexibility index (Phi) is 11.5. The Labute approximate surface area is 182 Å². The smallest absolute Gasteiger partial charge is 0.374 e. The maximum atomic E-state index is 13.0. The van der Waals surface area contributed by atoms with Crippen LogP contribution in [0.3, 0.4) is 0 Å². The first-order chi connectivity index (χ1) is 14.7. The number of carbonyl (C=O) groups is 3. The van der Waals surface area contributed by atoms with Crippen LogP contribution >= 0.6 is 7.60 Å². The summed E-state index contributed by atoms with van der Waals surface area (Å²) in [6.07, 6.45) is -0.476. The van der Waals surface area contributed by atoms with Gasteiger partial charge in [0.1, 0.15) is 11.9 Å². The van der Waals surface area contributed by atoms with Crippen LogP contribution in [-0.2, 0) is 50.0 Å². The molecule has 0 aliphatic heterocycles. The predicted octanol–water partition coefficient (Wildman–Crippen LogP) is 3.51. The summed E-state index contributed by atoms with van der Waals surface area (Å²) >= 11 is 0. The quantitative estimate of drug-likeness (QED) is 0.175. The molecule has 11 heteroatoms. The van der Waals surface area contributed by atoms with E-state index in [1.54, 1.807) is 34.6 Å². The molecule has 1 rings (SSSR count). The van der Waals surface area contributed by atoms with Crippen molar-refractivity contribution in [3.05, 3.63) is 23.2 Å². The van der Waals surface area contributed by atoms with Crippen molar-refractivity contribution in [3.8, 4) is 0 Å². The van der Waals surface area contributed by atoms with E-state index < -0.39 is 31.4 Å². The van der Waals surface area contributed by atoms with Crippen molar-refractivity contribution in [2.24, 2.45) is 5.92 Å². The van der Waals surface area contributed by atoms with Crippen LogP contribution in [0.1, 0.15) is 56.5 Å². The van der Waals surface area contributed by atoms with Crippen LogP contribution in [0.15, 0.2) is 10.5 Å². The largest absolute Gasteiger partial charge is 0.465 e. The maximum absolute atomic E-state index is 13.0. The van der Waals surface area contributed by atoms with Gasteiger partial charge >= 0.3 is 25.5 Å². The van der Waals surface area contributed by atoms with E-state index in [0.717, 1.165) is 0 Å². The summed E-state index contributed by atoms with van der Waals surface area (Å²) in [6.45, 7) is 8.72. The normalized spacial score (nSPS) is 11.4. The lowest BCUT2D eigenvalue weighted by Crippen LogP contribution is -2.30. The molecular weight excluding hydrogens is 431 g/mol. The molecule has 176 valence electrons. The minimum Gasteiger partial charge on any atom is -0.465 e. The fraction of sp³-hybridized carbons (Fsp3) is 0.650. The summed E-state index contributed by atoms with van der Waals surface area (Å²) < 4.78 is 44.1. The second kappa shape index (κ2) is 13.3. The summed E-state index contributed by atoms with van der Waals surface area (Å²) in [6, 6.07) is 1.35. The van der Waals surface area contributed by atoms with E-state index >= 15 is 0 Å². The highest BCUT2D eigenvalue weighted by Crippen LogP contribution is 2.52. The summed E-state index contributed by atoms with van der Waals surface area (Å²) in [5, 5.41) is 0. The van der Waals surface area contributed by atoms with E-state index in [0.29, 0.717) is 5.56 Å². The highest BCUT2D eigenvalue weighted by atomic mass is 31.2. The van der Waals surface area contributed by atoms with E-state index in [4.69, 9.17) is 27.7 Å². The lowest BCUT2D eigenvalue weighted by atomic mass is 9.99. The number of esters is 3. The van der Waals surface area contributed by atoms with Gasteiger partial charge in [-0.15, -0.1) is 0 Å². The molecule has 0 N–H and O–H groups in total. The third kappa shape index (κ3) is 8.12. The summed E-state index contributed by atoms with van der Waals surface area (Å²) in [4.78, 5) is 36.9. The number of hydrogen-bond donors (Lipinski definition) is 0. The highest BCUT2D eigenvalue weighted by molar-refractivity contribution is 7.53. The van der Waals surface area contributed by atoms with Crippen molar-refractivity contribution < 1.29 is 46.6 Å². The number of hydrogen-bond acceptors (Lipinski definition) is 10. The third-order valence-corrected chi connectivity index (χ3v) is 5.91. The summed E-state index contributed by atoms with van der Waals surface area (Å²) in [7, 11) is -3.59. The van der Waals surface area contributed by atoms with Gasteiger partial charge in [0.05, 0.1) is 33.0 Å². The van der Waals surface area contributed by atoms with Gasteiger partial charge in [-0.05, 0) is 52.7 Å². The van der Waals surface area contributed by atoms with Crippen LogP contribution in [0.2, 0.25) is 0 Å². The lowest BCUT2D eigenvalue weighted by Gasteiger charge is -2.17. The molecule has 0 aliphatic rings. The van der Waals surface area contributed by atoms with Gasteiger partial charge in [-0.3, -0.25) is 14.2 Å². The van der Waals surface area contributed by atoms with Crippen molar-refractivity contribution in [1.29, 1.82) is 0 Å². The monoisotopic (exact) mass is 462 g/mol. The molecule has 1 heterocycles. The van der Waals surface area contributed by atoms with Crippen LogP contribution in [0.5, 0.6) is 0 Å². The van der Waals surface area contributed by atoms with Gasteiger partial charge in [-0.1, -0.05) is 0 Å². The highest BCUT2D eigenvalue weighted by Gasteiger charge is 2.35. The molecule has 0 saturated carbocycles. The molecular formula is C20H31O10P. The first kappa shape index (κ1) is 26.9. The first-order valence-electron chi connectivity index (χ1n) is 10.2. The van der Waals surface area contributed by atoms with Gasteiger partial charge in [0.25, 0.3) is 0 Å². The van der Waals surface area contributed by atoms with E-state index in [2.05, 4.69) is 0 Å². The summed E-state index contributed by atoms with van der Waals surface area (Å²) in [5.41, 5.74) is 0.300.